The van der Waals surface area contributed by atoms with Crippen LogP contribution in [0.1, 0.15) is 22.0 Å². The minimum absolute atomic E-state index is 0.0285. The maximum absolute atomic E-state index is 12.6. The molecule has 1 aromatic carbocycles. The Bertz CT molecular complexity index is 897. The van der Waals surface area contributed by atoms with Crippen molar-refractivity contribution in [2.24, 2.45) is 5.73 Å². The molecular formula is C17H17N5O4. The number of amides is 2. The number of nitrogen functional groups attached to an aromatic ring is 1. The van der Waals surface area contributed by atoms with Crippen molar-refractivity contribution in [1.82, 2.24) is 4.98 Å². The summed E-state index contributed by atoms with van der Waals surface area (Å²) in [4.78, 5) is 41.4. The van der Waals surface area contributed by atoms with E-state index >= 15 is 0 Å². The van der Waals surface area contributed by atoms with E-state index in [1.807, 2.05) is 0 Å². The molecule has 1 aromatic heterocycles. The van der Waals surface area contributed by atoms with Crippen molar-refractivity contribution in [2.75, 3.05) is 23.0 Å². The molecule has 1 aliphatic heterocycles. The monoisotopic (exact) mass is 355 g/mol. The van der Waals surface area contributed by atoms with Gasteiger partial charge in [0.2, 0.25) is 11.8 Å². The number of pyridine rings is 1. The van der Waals surface area contributed by atoms with Crippen LogP contribution in [0.3, 0.4) is 0 Å². The highest BCUT2D eigenvalue weighted by Gasteiger charge is 2.41. The zero-order chi connectivity index (χ0) is 19.0. The number of nitrogens with zero attached hydrogens (tertiary/aromatic N) is 2. The van der Waals surface area contributed by atoms with Crippen molar-refractivity contribution < 1.29 is 19.5 Å². The lowest BCUT2D eigenvalue weighted by Crippen LogP contribution is -2.52. The topological polar surface area (TPSA) is 152 Å². The van der Waals surface area contributed by atoms with Gasteiger partial charge in [-0.25, -0.2) is 4.79 Å². The number of hydrogen-bond acceptors (Lipinski definition) is 6. The summed E-state index contributed by atoms with van der Waals surface area (Å²) in [6, 6.07) is 6.80. The molecule has 26 heavy (non-hydrogen) atoms. The predicted octanol–water partition coefficient (Wildman–Crippen LogP) is 0.388. The molecule has 0 fully saturated rings. The van der Waals surface area contributed by atoms with Crippen LogP contribution in [0.25, 0.3) is 0 Å². The number of primary amides is 1. The highest BCUT2D eigenvalue weighted by Crippen LogP contribution is 2.36. The Morgan fingerprint density at radius 1 is 1.31 bits per heavy atom. The van der Waals surface area contributed by atoms with E-state index in [4.69, 9.17) is 16.6 Å². The van der Waals surface area contributed by atoms with Gasteiger partial charge in [-0.3, -0.25) is 14.6 Å². The quantitative estimate of drug-likeness (QED) is 0.579. The molecule has 2 aromatic rings. The van der Waals surface area contributed by atoms with Gasteiger partial charge < -0.3 is 26.8 Å². The third-order valence-corrected chi connectivity index (χ3v) is 4.32. The Labute approximate surface area is 148 Å². The van der Waals surface area contributed by atoms with Crippen LogP contribution in [0.5, 0.6) is 0 Å². The van der Waals surface area contributed by atoms with E-state index in [0.29, 0.717) is 17.1 Å². The Morgan fingerprint density at radius 2 is 2.04 bits per heavy atom. The van der Waals surface area contributed by atoms with Gasteiger partial charge >= 0.3 is 5.97 Å². The molecule has 1 aliphatic rings. The molecule has 134 valence electrons. The Kier molecular flexibility index (Phi) is 4.21. The highest BCUT2D eigenvalue weighted by atomic mass is 16.4. The van der Waals surface area contributed by atoms with Gasteiger partial charge in [0.15, 0.2) is 0 Å². The first-order valence-corrected chi connectivity index (χ1v) is 7.71. The number of fused-ring (bicyclic) bond motifs is 1. The molecule has 9 nitrogen and oxygen atoms in total. The SMILES string of the molecule is CN1c2ccc(N)cc2NC(=O)C1C(C(N)=O)c1ccc(C(=O)O)cn1. The summed E-state index contributed by atoms with van der Waals surface area (Å²) in [5.74, 6) is -3.38. The van der Waals surface area contributed by atoms with Gasteiger partial charge in [-0.05, 0) is 30.3 Å². The normalized spacial score (nSPS) is 17.2. The van der Waals surface area contributed by atoms with Crippen LogP contribution in [-0.4, -0.2) is 41.0 Å². The Balaban J connectivity index is 2.02. The van der Waals surface area contributed by atoms with Gasteiger partial charge in [0.05, 0.1) is 22.6 Å². The Morgan fingerprint density at radius 3 is 2.62 bits per heavy atom. The molecule has 0 spiro atoms. The average molecular weight is 355 g/mol. The molecule has 6 N–H and O–H groups in total. The van der Waals surface area contributed by atoms with Gasteiger partial charge in [0.25, 0.3) is 0 Å². The number of carbonyl (C=O) groups is 3. The molecular weight excluding hydrogens is 338 g/mol. The van der Waals surface area contributed by atoms with Crippen molar-refractivity contribution in [3.63, 3.8) is 0 Å². The number of carboxylic acid groups (broad SMARTS) is 1. The van der Waals surface area contributed by atoms with Crippen LogP contribution in [0, 0.1) is 0 Å². The fourth-order valence-corrected chi connectivity index (χ4v) is 3.05. The Hall–Kier alpha value is -3.62. The number of nitrogens with two attached hydrogens (primary N) is 2. The molecule has 0 aliphatic carbocycles. The van der Waals surface area contributed by atoms with E-state index in [9.17, 15) is 14.4 Å². The minimum Gasteiger partial charge on any atom is -0.478 e. The first-order chi connectivity index (χ1) is 12.3. The highest BCUT2D eigenvalue weighted by molar-refractivity contribution is 6.07. The second kappa shape index (κ2) is 6.36. The average Bonchev–Trinajstić information content (AvgIpc) is 2.58. The van der Waals surface area contributed by atoms with Crippen molar-refractivity contribution in [1.29, 1.82) is 0 Å². The molecule has 0 saturated carbocycles. The van der Waals surface area contributed by atoms with Crippen LogP contribution < -0.4 is 21.7 Å². The van der Waals surface area contributed by atoms with E-state index in [2.05, 4.69) is 10.3 Å². The maximum atomic E-state index is 12.6. The number of carbonyl (C=O) groups excluding carboxylic acids is 2. The second-order valence-electron chi connectivity index (χ2n) is 5.98. The lowest BCUT2D eigenvalue weighted by Gasteiger charge is -2.38. The first kappa shape index (κ1) is 17.2. The lowest BCUT2D eigenvalue weighted by molar-refractivity contribution is -0.125. The fraction of sp³-hybridized carbons (Fsp3) is 0.176. The van der Waals surface area contributed by atoms with Gasteiger partial charge in [0, 0.05) is 18.9 Å². The number of anilines is 3. The van der Waals surface area contributed by atoms with E-state index in [1.54, 1.807) is 30.1 Å². The van der Waals surface area contributed by atoms with Crippen molar-refractivity contribution in [3.8, 4) is 0 Å². The molecule has 2 heterocycles. The number of hydrogen-bond donors (Lipinski definition) is 4. The molecule has 9 heteroatoms. The van der Waals surface area contributed by atoms with E-state index < -0.39 is 29.7 Å². The third-order valence-electron chi connectivity index (χ3n) is 4.32. The fourth-order valence-electron chi connectivity index (χ4n) is 3.05. The number of nitrogens with one attached hydrogen (secondary N) is 1. The number of aromatic carboxylic acids is 1. The largest absolute Gasteiger partial charge is 0.478 e. The zero-order valence-electron chi connectivity index (χ0n) is 13.8. The first-order valence-electron chi connectivity index (χ1n) is 7.71. The number of likely N-dealkylation sites (N-methyl/N-ethyl adjacent to an activating group) is 1. The van der Waals surface area contributed by atoms with Crippen LogP contribution in [0.4, 0.5) is 17.1 Å². The van der Waals surface area contributed by atoms with Gasteiger partial charge in [-0.15, -0.1) is 0 Å². The summed E-state index contributed by atoms with van der Waals surface area (Å²) < 4.78 is 0. The van der Waals surface area contributed by atoms with Crippen LogP contribution in [0.2, 0.25) is 0 Å². The van der Waals surface area contributed by atoms with Gasteiger partial charge in [0.1, 0.15) is 12.0 Å². The van der Waals surface area contributed by atoms with Crippen molar-refractivity contribution in [2.45, 2.75) is 12.0 Å². The summed E-state index contributed by atoms with van der Waals surface area (Å²) in [6.45, 7) is 0. The lowest BCUT2D eigenvalue weighted by atomic mass is 9.90. The van der Waals surface area contributed by atoms with Crippen LogP contribution >= 0.6 is 0 Å². The molecule has 0 radical (unpaired) electrons. The molecule has 3 rings (SSSR count). The summed E-state index contributed by atoms with van der Waals surface area (Å²) in [5, 5.41) is 11.7. The van der Waals surface area contributed by atoms with E-state index in [-0.39, 0.29) is 11.3 Å². The summed E-state index contributed by atoms with van der Waals surface area (Å²) in [6.07, 6.45) is 1.13. The van der Waals surface area contributed by atoms with Crippen LogP contribution in [-0.2, 0) is 9.59 Å². The number of carboxylic acids is 1. The van der Waals surface area contributed by atoms with E-state index in [0.717, 1.165) is 6.20 Å². The zero-order valence-corrected chi connectivity index (χ0v) is 13.8. The second-order valence-corrected chi connectivity index (χ2v) is 5.98. The third kappa shape index (κ3) is 2.90. The maximum Gasteiger partial charge on any atom is 0.337 e. The van der Waals surface area contributed by atoms with Gasteiger partial charge in [-0.2, -0.15) is 0 Å². The summed E-state index contributed by atoms with van der Waals surface area (Å²) in [7, 11) is 1.67. The molecule has 0 bridgehead atoms. The van der Waals surface area contributed by atoms with E-state index in [1.165, 1.54) is 12.1 Å². The molecule has 0 saturated heterocycles. The smallest absolute Gasteiger partial charge is 0.337 e. The van der Waals surface area contributed by atoms with Crippen LogP contribution in [0.15, 0.2) is 36.5 Å². The molecule has 2 atom stereocenters. The number of aromatic nitrogens is 1. The summed E-state index contributed by atoms with van der Waals surface area (Å²) >= 11 is 0. The minimum atomic E-state index is -1.14. The summed E-state index contributed by atoms with van der Waals surface area (Å²) in [5.41, 5.74) is 13.2. The molecule has 2 unspecified atom stereocenters. The van der Waals surface area contributed by atoms with Gasteiger partial charge in [-0.1, -0.05) is 0 Å². The standard InChI is InChI=1S/C17H17N5O4/c1-22-12-5-3-9(18)6-11(12)21-16(24)14(22)13(15(19)23)10-4-2-8(7-20-10)17(25)26/h2-7,13-14H,18H2,1H3,(H2,19,23)(H,21,24)(H,25,26). The number of rotatable bonds is 4. The molecule has 2 amide bonds. The van der Waals surface area contributed by atoms with Crippen molar-refractivity contribution in [3.05, 3.63) is 47.8 Å². The number of benzene rings is 1. The predicted molar refractivity (Wildman–Crippen MR) is 94.8 cm³/mol. The van der Waals surface area contributed by atoms with Crippen molar-refractivity contribution >= 4 is 34.8 Å².